The van der Waals surface area contributed by atoms with Gasteiger partial charge in [-0.05, 0) is 50.5 Å². The maximum absolute atomic E-state index is 11.8. The fourth-order valence-electron chi connectivity index (χ4n) is 1.65. The maximum atomic E-state index is 11.8. The molecule has 0 aromatic heterocycles. The first-order valence-corrected chi connectivity index (χ1v) is 7.00. The molecule has 0 fully saturated rings. The van der Waals surface area contributed by atoms with Gasteiger partial charge in [0.1, 0.15) is 0 Å². The van der Waals surface area contributed by atoms with Crippen molar-refractivity contribution in [1.29, 1.82) is 0 Å². The van der Waals surface area contributed by atoms with Crippen LogP contribution < -0.4 is 5.32 Å². The molecule has 0 spiro atoms. The van der Waals surface area contributed by atoms with E-state index in [4.69, 9.17) is 5.11 Å². The van der Waals surface area contributed by atoms with E-state index < -0.39 is 5.54 Å². The number of halogens is 1. The average Bonchev–Trinajstić information content (AvgIpc) is 2.26. The van der Waals surface area contributed by atoms with Crippen molar-refractivity contribution in [3.8, 4) is 0 Å². The molecule has 104 valence electrons. The first kappa shape index (κ1) is 15.9. The normalized spacial score (nSPS) is 11.8. The zero-order chi connectivity index (χ0) is 14.5. The van der Waals surface area contributed by atoms with Gasteiger partial charge in [-0.2, -0.15) is 0 Å². The number of aliphatic hydroxyl groups excluding tert-OH is 1. The van der Waals surface area contributed by atoms with E-state index in [1.54, 1.807) is 6.08 Å². The summed E-state index contributed by atoms with van der Waals surface area (Å²) in [7, 11) is 0. The third-order valence-corrected chi connectivity index (χ3v) is 3.46. The van der Waals surface area contributed by atoms with Crippen molar-refractivity contribution in [2.24, 2.45) is 0 Å². The number of aliphatic hydroxyl groups is 1. The molecular formula is C15H20BrNO2. The molecular weight excluding hydrogens is 306 g/mol. The quantitative estimate of drug-likeness (QED) is 0.817. The number of hydrogen-bond donors (Lipinski definition) is 2. The van der Waals surface area contributed by atoms with E-state index in [9.17, 15) is 4.79 Å². The lowest BCUT2D eigenvalue weighted by molar-refractivity contribution is -0.118. The Morgan fingerprint density at radius 3 is 2.74 bits per heavy atom. The predicted molar refractivity (Wildman–Crippen MR) is 81.8 cm³/mol. The molecule has 0 aliphatic carbocycles. The molecule has 3 nitrogen and oxygen atoms in total. The number of benzene rings is 1. The van der Waals surface area contributed by atoms with Crippen LogP contribution in [-0.4, -0.2) is 23.2 Å². The van der Waals surface area contributed by atoms with Crippen molar-refractivity contribution >= 4 is 27.9 Å². The third-order valence-electron chi connectivity index (χ3n) is 2.77. The van der Waals surface area contributed by atoms with Crippen LogP contribution in [0.15, 0.2) is 28.7 Å². The van der Waals surface area contributed by atoms with Gasteiger partial charge in [0.05, 0.1) is 0 Å². The second kappa shape index (κ2) is 6.87. The molecule has 2 N–H and O–H groups in total. The van der Waals surface area contributed by atoms with Crippen LogP contribution in [0.1, 0.15) is 31.4 Å². The van der Waals surface area contributed by atoms with Crippen molar-refractivity contribution in [3.63, 3.8) is 0 Å². The van der Waals surface area contributed by atoms with Crippen molar-refractivity contribution in [2.45, 2.75) is 32.7 Å². The summed E-state index contributed by atoms with van der Waals surface area (Å²) >= 11 is 3.47. The second-order valence-corrected chi connectivity index (χ2v) is 6.06. The number of carbonyl (C=O) groups is 1. The summed E-state index contributed by atoms with van der Waals surface area (Å²) in [5, 5.41) is 11.8. The van der Waals surface area contributed by atoms with Gasteiger partial charge in [0.15, 0.2) is 0 Å². The molecule has 4 heteroatoms. The second-order valence-electron chi connectivity index (χ2n) is 5.21. The van der Waals surface area contributed by atoms with Crippen LogP contribution >= 0.6 is 15.9 Å². The van der Waals surface area contributed by atoms with Crippen LogP contribution in [0.25, 0.3) is 6.08 Å². The molecule has 1 amide bonds. The highest BCUT2D eigenvalue weighted by atomic mass is 79.9. The van der Waals surface area contributed by atoms with E-state index >= 15 is 0 Å². The number of carbonyl (C=O) groups excluding carboxylic acids is 1. The Hall–Kier alpha value is -1.13. The number of aryl methyl sites for hydroxylation is 1. The molecule has 0 saturated carbocycles. The lowest BCUT2D eigenvalue weighted by Crippen LogP contribution is -2.43. The zero-order valence-corrected chi connectivity index (χ0v) is 13.1. The molecule has 0 unspecified atom stereocenters. The molecule has 0 heterocycles. The summed E-state index contributed by atoms with van der Waals surface area (Å²) in [6, 6.07) is 5.97. The number of rotatable bonds is 5. The molecule has 0 aliphatic rings. The monoisotopic (exact) mass is 325 g/mol. The molecule has 19 heavy (non-hydrogen) atoms. The summed E-state index contributed by atoms with van der Waals surface area (Å²) in [6.45, 7) is 5.84. The highest BCUT2D eigenvalue weighted by Crippen LogP contribution is 2.19. The summed E-state index contributed by atoms with van der Waals surface area (Å²) in [6.07, 6.45) is 3.81. The van der Waals surface area contributed by atoms with Gasteiger partial charge < -0.3 is 10.4 Å². The van der Waals surface area contributed by atoms with Crippen LogP contribution in [0, 0.1) is 6.92 Å². The largest absolute Gasteiger partial charge is 0.396 e. The fraction of sp³-hybridized carbons (Fsp3) is 0.400. The van der Waals surface area contributed by atoms with Gasteiger partial charge in [-0.15, -0.1) is 0 Å². The molecule has 0 radical (unpaired) electrons. The lowest BCUT2D eigenvalue weighted by atomic mass is 10.0. The minimum Gasteiger partial charge on any atom is -0.396 e. The first-order chi connectivity index (χ1) is 8.84. The van der Waals surface area contributed by atoms with Crippen molar-refractivity contribution in [3.05, 3.63) is 39.9 Å². The Kier molecular flexibility index (Phi) is 5.76. The first-order valence-electron chi connectivity index (χ1n) is 6.21. The van der Waals surface area contributed by atoms with Gasteiger partial charge in [0, 0.05) is 22.7 Å². The number of amides is 1. The summed E-state index contributed by atoms with van der Waals surface area (Å²) in [5.74, 6) is -0.161. The number of nitrogens with one attached hydrogen (secondary N) is 1. The molecule has 1 aromatic rings. The van der Waals surface area contributed by atoms with Gasteiger partial charge in [0.25, 0.3) is 0 Å². The van der Waals surface area contributed by atoms with E-state index in [1.165, 1.54) is 6.08 Å². The van der Waals surface area contributed by atoms with Crippen LogP contribution in [0.5, 0.6) is 0 Å². The van der Waals surface area contributed by atoms with Crippen LogP contribution in [0.2, 0.25) is 0 Å². The standard InChI is InChI=1S/C15H20BrNO2/c1-11-4-5-12(13(16)10-11)6-7-14(19)17-15(2,3)8-9-18/h4-7,10,18H,8-9H2,1-3H3,(H,17,19)/b7-6+. The summed E-state index contributed by atoms with van der Waals surface area (Å²) < 4.78 is 0.964. The number of hydrogen-bond acceptors (Lipinski definition) is 2. The Bertz CT molecular complexity index is 481. The van der Waals surface area contributed by atoms with Crippen molar-refractivity contribution < 1.29 is 9.90 Å². The van der Waals surface area contributed by atoms with E-state index in [0.717, 1.165) is 15.6 Å². The van der Waals surface area contributed by atoms with E-state index in [2.05, 4.69) is 21.2 Å². The fourth-order valence-corrected chi connectivity index (χ4v) is 2.28. The van der Waals surface area contributed by atoms with E-state index in [-0.39, 0.29) is 12.5 Å². The third kappa shape index (κ3) is 5.57. The molecule has 0 aliphatic heterocycles. The van der Waals surface area contributed by atoms with E-state index in [0.29, 0.717) is 6.42 Å². The average molecular weight is 326 g/mol. The Morgan fingerprint density at radius 2 is 2.16 bits per heavy atom. The highest BCUT2D eigenvalue weighted by molar-refractivity contribution is 9.10. The van der Waals surface area contributed by atoms with Gasteiger partial charge in [-0.25, -0.2) is 0 Å². The minimum atomic E-state index is -0.402. The van der Waals surface area contributed by atoms with Crippen LogP contribution in [0.4, 0.5) is 0 Å². The smallest absolute Gasteiger partial charge is 0.244 e. The van der Waals surface area contributed by atoms with Crippen molar-refractivity contribution in [1.82, 2.24) is 5.32 Å². The zero-order valence-electron chi connectivity index (χ0n) is 11.5. The van der Waals surface area contributed by atoms with E-state index in [1.807, 2.05) is 39.0 Å². The molecule has 0 saturated heterocycles. The molecule has 1 aromatic carbocycles. The van der Waals surface area contributed by atoms with Crippen LogP contribution in [-0.2, 0) is 4.79 Å². The molecule has 1 rings (SSSR count). The SMILES string of the molecule is Cc1ccc(/C=C/C(=O)NC(C)(C)CCO)c(Br)c1. The lowest BCUT2D eigenvalue weighted by Gasteiger charge is -2.24. The van der Waals surface area contributed by atoms with Crippen LogP contribution in [0.3, 0.4) is 0 Å². The minimum absolute atomic E-state index is 0.0561. The molecule has 0 bridgehead atoms. The van der Waals surface area contributed by atoms with Gasteiger partial charge in [0.2, 0.25) is 5.91 Å². The molecule has 0 atom stereocenters. The predicted octanol–water partition coefficient (Wildman–Crippen LogP) is 3.05. The summed E-state index contributed by atoms with van der Waals surface area (Å²) in [5.41, 5.74) is 1.72. The maximum Gasteiger partial charge on any atom is 0.244 e. The van der Waals surface area contributed by atoms with Gasteiger partial charge in [-0.3, -0.25) is 4.79 Å². The Balaban J connectivity index is 2.68. The Morgan fingerprint density at radius 1 is 1.47 bits per heavy atom. The van der Waals surface area contributed by atoms with Gasteiger partial charge in [-0.1, -0.05) is 28.1 Å². The Labute approximate surface area is 122 Å². The van der Waals surface area contributed by atoms with Gasteiger partial charge >= 0.3 is 0 Å². The van der Waals surface area contributed by atoms with Crippen molar-refractivity contribution in [2.75, 3.05) is 6.61 Å². The topological polar surface area (TPSA) is 49.3 Å². The summed E-state index contributed by atoms with van der Waals surface area (Å²) in [4.78, 5) is 11.8. The highest BCUT2D eigenvalue weighted by Gasteiger charge is 2.18.